The van der Waals surface area contributed by atoms with Crippen molar-refractivity contribution in [2.24, 2.45) is 5.73 Å². The van der Waals surface area contributed by atoms with Crippen LogP contribution in [0.1, 0.15) is 13.8 Å². The number of hydrogen-bond donors (Lipinski definition) is 2. The van der Waals surface area contributed by atoms with Crippen molar-refractivity contribution in [3.05, 3.63) is 0 Å². The highest BCUT2D eigenvalue weighted by Crippen LogP contribution is 1.90. The van der Waals surface area contributed by atoms with Crippen LogP contribution in [0.3, 0.4) is 0 Å². The number of nitrogens with two attached hydrogens (primary N) is 1. The van der Waals surface area contributed by atoms with Gasteiger partial charge in [-0.15, -0.1) is 0 Å². The normalized spacial score (nSPS) is 13.5. The summed E-state index contributed by atoms with van der Waals surface area (Å²) in [6, 6.07) is 0. The maximum atomic E-state index is 10.4. The van der Waals surface area contributed by atoms with E-state index < -0.39 is 12.0 Å². The molecule has 0 aromatic heterocycles. The summed E-state index contributed by atoms with van der Waals surface area (Å²) in [5, 5.41) is 9.04. The third kappa shape index (κ3) is 3.95. The van der Waals surface area contributed by atoms with Crippen molar-refractivity contribution in [2.75, 3.05) is 19.6 Å². The van der Waals surface area contributed by atoms with E-state index in [1.165, 1.54) is 0 Å². The van der Waals surface area contributed by atoms with Crippen LogP contribution in [-0.2, 0) is 4.79 Å². The molecule has 1 atom stereocenters. The Hall–Kier alpha value is -0.610. The van der Waals surface area contributed by atoms with Gasteiger partial charge in [0.15, 0.2) is 0 Å². The summed E-state index contributed by atoms with van der Waals surface area (Å²) in [5.41, 5.74) is 4.88. The van der Waals surface area contributed by atoms with Crippen LogP contribution < -0.4 is 5.73 Å². The molecule has 0 bridgehead atoms. The summed E-state index contributed by atoms with van der Waals surface area (Å²) in [7, 11) is 0. The minimum Gasteiger partial charge on any atom is -0.382 e. The number of hydrogen-bond acceptors (Lipinski definition) is 3. The lowest BCUT2D eigenvalue weighted by atomic mass is 10.3. The highest BCUT2D eigenvalue weighted by molar-refractivity contribution is 5.78. The molecule has 11 heavy (non-hydrogen) atoms. The van der Waals surface area contributed by atoms with Gasteiger partial charge in [0.25, 0.3) is 0 Å². The van der Waals surface area contributed by atoms with E-state index in [2.05, 4.69) is 0 Å². The zero-order valence-corrected chi connectivity index (χ0v) is 7.08. The van der Waals surface area contributed by atoms with Gasteiger partial charge in [0, 0.05) is 6.54 Å². The number of nitrogens with zero attached hydrogens (tertiary/aromatic N) is 1. The van der Waals surface area contributed by atoms with Gasteiger partial charge in [0.2, 0.25) is 5.91 Å². The van der Waals surface area contributed by atoms with Gasteiger partial charge in [0.1, 0.15) is 6.10 Å². The largest absolute Gasteiger partial charge is 0.382 e. The molecule has 0 spiro atoms. The molecule has 4 nitrogen and oxygen atoms in total. The van der Waals surface area contributed by atoms with E-state index in [-0.39, 0.29) is 0 Å². The van der Waals surface area contributed by atoms with Crippen LogP contribution in [-0.4, -0.2) is 41.7 Å². The van der Waals surface area contributed by atoms with Crippen molar-refractivity contribution in [3.63, 3.8) is 0 Å². The van der Waals surface area contributed by atoms with Crippen LogP contribution in [0.4, 0.5) is 0 Å². The number of rotatable bonds is 5. The molecule has 0 heterocycles. The molecule has 0 saturated heterocycles. The maximum absolute atomic E-state index is 10.4. The molecule has 0 rings (SSSR count). The van der Waals surface area contributed by atoms with E-state index in [0.29, 0.717) is 6.54 Å². The second-order valence-electron chi connectivity index (χ2n) is 2.40. The quantitative estimate of drug-likeness (QED) is 0.552. The Balaban J connectivity index is 3.71. The Morgan fingerprint density at radius 2 is 2.00 bits per heavy atom. The molecule has 4 heteroatoms. The number of carbonyl (C=O) groups excluding carboxylic acids is 1. The third-order valence-corrected chi connectivity index (χ3v) is 1.65. The Morgan fingerprint density at radius 3 is 2.27 bits per heavy atom. The second-order valence-corrected chi connectivity index (χ2v) is 2.40. The standard InChI is InChI=1S/C7H16N2O2/c1-3-9(4-2)5-6(10)7(8)11/h6,10H,3-5H2,1-2H3,(H2,8,11). The zero-order chi connectivity index (χ0) is 8.85. The monoisotopic (exact) mass is 160 g/mol. The first-order valence-electron chi connectivity index (χ1n) is 3.81. The van der Waals surface area contributed by atoms with Crippen molar-refractivity contribution >= 4 is 5.91 Å². The van der Waals surface area contributed by atoms with Gasteiger partial charge in [-0.25, -0.2) is 0 Å². The van der Waals surface area contributed by atoms with E-state index in [9.17, 15) is 4.79 Å². The molecule has 0 aromatic carbocycles. The highest BCUT2D eigenvalue weighted by Gasteiger charge is 2.13. The Bertz CT molecular complexity index is 124. The van der Waals surface area contributed by atoms with Crippen molar-refractivity contribution in [3.8, 4) is 0 Å². The van der Waals surface area contributed by atoms with Crippen molar-refractivity contribution in [1.29, 1.82) is 0 Å². The first-order valence-corrected chi connectivity index (χ1v) is 3.81. The molecule has 1 amide bonds. The summed E-state index contributed by atoms with van der Waals surface area (Å²) in [5.74, 6) is -0.656. The molecule has 3 N–H and O–H groups in total. The number of aliphatic hydroxyl groups excluding tert-OH is 1. The Kier molecular flexibility index (Phi) is 4.81. The summed E-state index contributed by atoms with van der Waals surface area (Å²) in [6.45, 7) is 5.92. The first-order chi connectivity index (χ1) is 5.11. The molecule has 0 aliphatic heterocycles. The maximum Gasteiger partial charge on any atom is 0.247 e. The molecule has 0 aromatic rings. The first kappa shape index (κ1) is 10.4. The lowest BCUT2D eigenvalue weighted by molar-refractivity contribution is -0.126. The zero-order valence-electron chi connectivity index (χ0n) is 7.08. The summed E-state index contributed by atoms with van der Waals surface area (Å²) >= 11 is 0. The molecule has 0 aliphatic carbocycles. The van der Waals surface area contributed by atoms with Gasteiger partial charge in [-0.2, -0.15) is 0 Å². The van der Waals surface area contributed by atoms with Gasteiger partial charge < -0.3 is 15.7 Å². The molecule has 0 fully saturated rings. The Morgan fingerprint density at radius 1 is 1.55 bits per heavy atom. The summed E-state index contributed by atoms with van der Waals surface area (Å²) < 4.78 is 0. The number of primary amides is 1. The minimum absolute atomic E-state index is 0.336. The lowest BCUT2D eigenvalue weighted by Crippen LogP contribution is -2.40. The molecule has 0 aliphatic rings. The second kappa shape index (κ2) is 5.09. The van der Waals surface area contributed by atoms with Crippen LogP contribution in [0, 0.1) is 0 Å². The predicted octanol–water partition coefficient (Wildman–Crippen LogP) is -0.826. The van der Waals surface area contributed by atoms with Crippen LogP contribution in [0.15, 0.2) is 0 Å². The molecule has 0 radical (unpaired) electrons. The fraction of sp³-hybridized carbons (Fsp3) is 0.857. The van der Waals surface area contributed by atoms with Gasteiger partial charge in [-0.05, 0) is 13.1 Å². The average molecular weight is 160 g/mol. The van der Waals surface area contributed by atoms with Crippen LogP contribution in [0.25, 0.3) is 0 Å². The van der Waals surface area contributed by atoms with E-state index in [1.54, 1.807) is 0 Å². The minimum atomic E-state index is -1.03. The smallest absolute Gasteiger partial charge is 0.247 e. The number of aliphatic hydroxyl groups is 1. The van der Waals surface area contributed by atoms with E-state index in [1.807, 2.05) is 18.7 Å². The van der Waals surface area contributed by atoms with E-state index in [0.717, 1.165) is 13.1 Å². The fourth-order valence-corrected chi connectivity index (χ4v) is 0.816. The van der Waals surface area contributed by atoms with Gasteiger partial charge in [-0.3, -0.25) is 4.79 Å². The number of carbonyl (C=O) groups is 1. The van der Waals surface area contributed by atoms with Gasteiger partial charge in [0.05, 0.1) is 0 Å². The fourth-order valence-electron chi connectivity index (χ4n) is 0.816. The summed E-state index contributed by atoms with van der Waals surface area (Å²) in [6.07, 6.45) is -1.03. The summed E-state index contributed by atoms with van der Waals surface area (Å²) in [4.78, 5) is 12.4. The topological polar surface area (TPSA) is 66.6 Å². The predicted molar refractivity (Wildman–Crippen MR) is 43.0 cm³/mol. The van der Waals surface area contributed by atoms with Crippen LogP contribution >= 0.6 is 0 Å². The highest BCUT2D eigenvalue weighted by atomic mass is 16.3. The molecule has 66 valence electrons. The van der Waals surface area contributed by atoms with E-state index >= 15 is 0 Å². The van der Waals surface area contributed by atoms with Gasteiger partial charge in [-0.1, -0.05) is 13.8 Å². The van der Waals surface area contributed by atoms with Crippen LogP contribution in [0.2, 0.25) is 0 Å². The lowest BCUT2D eigenvalue weighted by Gasteiger charge is -2.19. The number of amides is 1. The average Bonchev–Trinajstić information content (AvgIpc) is 1.99. The van der Waals surface area contributed by atoms with Crippen molar-refractivity contribution < 1.29 is 9.90 Å². The SMILES string of the molecule is CCN(CC)CC(O)C(N)=O. The third-order valence-electron chi connectivity index (χ3n) is 1.65. The van der Waals surface area contributed by atoms with Crippen molar-refractivity contribution in [2.45, 2.75) is 20.0 Å². The Labute approximate surface area is 67.0 Å². The molecular weight excluding hydrogens is 144 g/mol. The molecular formula is C7H16N2O2. The molecule has 0 saturated carbocycles. The van der Waals surface area contributed by atoms with Gasteiger partial charge >= 0.3 is 0 Å². The van der Waals surface area contributed by atoms with Crippen LogP contribution in [0.5, 0.6) is 0 Å². The number of likely N-dealkylation sites (N-methyl/N-ethyl adjacent to an activating group) is 1. The van der Waals surface area contributed by atoms with E-state index in [4.69, 9.17) is 10.8 Å². The molecule has 1 unspecified atom stereocenters. The van der Waals surface area contributed by atoms with Crippen molar-refractivity contribution in [1.82, 2.24) is 4.90 Å².